The van der Waals surface area contributed by atoms with E-state index in [9.17, 15) is 41.6 Å². The summed E-state index contributed by atoms with van der Waals surface area (Å²) in [6.07, 6.45) is -10.2. The van der Waals surface area contributed by atoms with Gasteiger partial charge >= 0.3 is 12.4 Å². The van der Waals surface area contributed by atoms with E-state index in [-0.39, 0.29) is 0 Å². The number of hydrogen-bond donors (Lipinski definition) is 1. The number of hydrogen-bond acceptors (Lipinski definition) is 3. The molecule has 4 nitrogen and oxygen atoms in total. The van der Waals surface area contributed by atoms with Gasteiger partial charge in [-0.1, -0.05) is 12.1 Å². The molecule has 0 aliphatic carbocycles. The van der Waals surface area contributed by atoms with Crippen molar-refractivity contribution < 1.29 is 36.4 Å². The van der Waals surface area contributed by atoms with E-state index in [1.54, 1.807) is 0 Å². The molecule has 0 aromatic heterocycles. The standard InChI is InChI=1S/C10H7F6NO3/c11-9(12,13)7-3-1-6(2-4-7)8(18,5-17(19)20)10(14,15)16/h1-4,18H,5H2/t8-/m1/s1. The third kappa shape index (κ3) is 3.18. The Morgan fingerprint density at radius 2 is 1.40 bits per heavy atom. The predicted octanol–water partition coefficient (Wildman–Crippen LogP) is 2.73. The van der Waals surface area contributed by atoms with Crippen LogP contribution in [-0.2, 0) is 11.8 Å². The Labute approximate surface area is 107 Å². The zero-order chi connectivity index (χ0) is 15.8. The Hall–Kier alpha value is -1.84. The van der Waals surface area contributed by atoms with Crippen molar-refractivity contribution in [2.45, 2.75) is 18.0 Å². The highest BCUT2D eigenvalue weighted by Crippen LogP contribution is 2.40. The van der Waals surface area contributed by atoms with Gasteiger partial charge in [-0.2, -0.15) is 26.3 Å². The molecule has 0 radical (unpaired) electrons. The molecule has 0 fully saturated rings. The van der Waals surface area contributed by atoms with Crippen molar-refractivity contribution in [3.05, 3.63) is 45.5 Å². The summed E-state index contributed by atoms with van der Waals surface area (Å²) < 4.78 is 74.9. The summed E-state index contributed by atoms with van der Waals surface area (Å²) in [7, 11) is 0. The number of halogens is 6. The van der Waals surface area contributed by atoms with Gasteiger partial charge in [-0.3, -0.25) is 10.1 Å². The highest BCUT2D eigenvalue weighted by Gasteiger charge is 2.59. The fourth-order valence-corrected chi connectivity index (χ4v) is 1.47. The second kappa shape index (κ2) is 4.93. The fourth-order valence-electron chi connectivity index (χ4n) is 1.47. The van der Waals surface area contributed by atoms with Gasteiger partial charge in [0.2, 0.25) is 6.54 Å². The Balaban J connectivity index is 3.26. The lowest BCUT2D eigenvalue weighted by atomic mass is 9.92. The third-order valence-electron chi connectivity index (χ3n) is 2.52. The molecule has 0 unspecified atom stereocenters. The SMILES string of the molecule is O=[N+]([O-])C[C@@](O)(c1ccc(C(F)(F)F)cc1)C(F)(F)F. The Bertz CT molecular complexity index is 495. The molecule has 0 spiro atoms. The van der Waals surface area contributed by atoms with Gasteiger partial charge in [0.15, 0.2) is 0 Å². The van der Waals surface area contributed by atoms with Crippen LogP contribution in [0.25, 0.3) is 0 Å². The summed E-state index contributed by atoms with van der Waals surface area (Å²) in [5, 5.41) is 19.7. The zero-order valence-corrected chi connectivity index (χ0v) is 9.50. The van der Waals surface area contributed by atoms with Crippen LogP contribution in [0.4, 0.5) is 26.3 Å². The third-order valence-corrected chi connectivity index (χ3v) is 2.52. The van der Waals surface area contributed by atoms with Gasteiger partial charge in [0.1, 0.15) is 0 Å². The molecular weight excluding hydrogens is 296 g/mol. The van der Waals surface area contributed by atoms with Crippen LogP contribution < -0.4 is 0 Å². The van der Waals surface area contributed by atoms with Crippen molar-refractivity contribution in [1.82, 2.24) is 0 Å². The highest BCUT2D eigenvalue weighted by atomic mass is 19.4. The van der Waals surface area contributed by atoms with Crippen molar-refractivity contribution in [3.63, 3.8) is 0 Å². The summed E-state index contributed by atoms with van der Waals surface area (Å²) in [5.74, 6) is 0. The van der Waals surface area contributed by atoms with Crippen LogP contribution in [0.15, 0.2) is 24.3 Å². The average Bonchev–Trinajstić information content (AvgIpc) is 2.25. The van der Waals surface area contributed by atoms with Crippen molar-refractivity contribution in [3.8, 4) is 0 Å². The molecule has 1 aromatic carbocycles. The van der Waals surface area contributed by atoms with Crippen LogP contribution in [0.3, 0.4) is 0 Å². The number of aliphatic hydroxyl groups is 1. The Morgan fingerprint density at radius 1 is 1.00 bits per heavy atom. The molecule has 0 amide bonds. The minimum absolute atomic E-state index is 0.311. The van der Waals surface area contributed by atoms with E-state index in [0.29, 0.717) is 24.3 Å². The topological polar surface area (TPSA) is 63.4 Å². The van der Waals surface area contributed by atoms with Crippen LogP contribution in [0.5, 0.6) is 0 Å². The van der Waals surface area contributed by atoms with Gasteiger partial charge < -0.3 is 5.11 Å². The van der Waals surface area contributed by atoms with Gasteiger partial charge in [0.25, 0.3) is 5.60 Å². The molecule has 0 aliphatic heterocycles. The lowest BCUT2D eigenvalue weighted by Crippen LogP contribution is -2.47. The summed E-state index contributed by atoms with van der Waals surface area (Å²) in [6, 6.07) is 1.34. The number of rotatable bonds is 3. The van der Waals surface area contributed by atoms with E-state index in [1.165, 1.54) is 0 Å². The maximum atomic E-state index is 12.7. The van der Waals surface area contributed by atoms with E-state index in [4.69, 9.17) is 0 Å². The van der Waals surface area contributed by atoms with Crippen molar-refractivity contribution in [2.75, 3.05) is 6.54 Å². The van der Waals surface area contributed by atoms with Gasteiger partial charge in [0.05, 0.1) is 5.56 Å². The van der Waals surface area contributed by atoms with E-state index < -0.39 is 40.5 Å². The molecule has 0 saturated carbocycles. The van der Waals surface area contributed by atoms with Gasteiger partial charge in [0, 0.05) is 4.92 Å². The van der Waals surface area contributed by atoms with Crippen molar-refractivity contribution in [2.24, 2.45) is 0 Å². The van der Waals surface area contributed by atoms with Gasteiger partial charge in [-0.05, 0) is 17.7 Å². The number of nitrogens with zero attached hydrogens (tertiary/aromatic N) is 1. The molecule has 20 heavy (non-hydrogen) atoms. The van der Waals surface area contributed by atoms with E-state index in [0.717, 1.165) is 0 Å². The molecule has 1 rings (SSSR count). The zero-order valence-electron chi connectivity index (χ0n) is 9.50. The van der Waals surface area contributed by atoms with Crippen LogP contribution in [0.1, 0.15) is 11.1 Å². The normalized spacial score (nSPS) is 15.8. The summed E-state index contributed by atoms with van der Waals surface area (Å²) in [5.41, 5.74) is -6.11. The molecule has 1 N–H and O–H groups in total. The molecule has 112 valence electrons. The first kappa shape index (κ1) is 16.2. The maximum Gasteiger partial charge on any atom is 0.428 e. The molecule has 0 heterocycles. The Kier molecular flexibility index (Phi) is 3.99. The average molecular weight is 303 g/mol. The summed E-state index contributed by atoms with van der Waals surface area (Å²) >= 11 is 0. The van der Waals surface area contributed by atoms with E-state index in [2.05, 4.69) is 0 Å². The first-order valence-corrected chi connectivity index (χ1v) is 4.96. The first-order valence-electron chi connectivity index (χ1n) is 4.96. The quantitative estimate of drug-likeness (QED) is 0.530. The van der Waals surface area contributed by atoms with Gasteiger partial charge in [-0.15, -0.1) is 0 Å². The fraction of sp³-hybridized carbons (Fsp3) is 0.400. The van der Waals surface area contributed by atoms with Crippen molar-refractivity contribution >= 4 is 0 Å². The minimum Gasteiger partial charge on any atom is -0.371 e. The molecular formula is C10H7F6NO3. The summed E-state index contributed by atoms with van der Waals surface area (Å²) in [6.45, 7) is -1.90. The monoisotopic (exact) mass is 303 g/mol. The largest absolute Gasteiger partial charge is 0.428 e. The van der Waals surface area contributed by atoms with Crippen LogP contribution >= 0.6 is 0 Å². The predicted molar refractivity (Wildman–Crippen MR) is 53.3 cm³/mol. The maximum absolute atomic E-state index is 12.7. The Morgan fingerprint density at radius 3 is 1.70 bits per heavy atom. The minimum atomic E-state index is -5.40. The first-order chi connectivity index (χ1) is 8.88. The smallest absolute Gasteiger partial charge is 0.371 e. The molecule has 10 heteroatoms. The molecule has 0 bridgehead atoms. The summed E-state index contributed by atoms with van der Waals surface area (Å²) in [4.78, 5) is 8.83. The molecule has 1 aromatic rings. The second-order valence-electron chi connectivity index (χ2n) is 3.92. The van der Waals surface area contributed by atoms with Crippen molar-refractivity contribution in [1.29, 1.82) is 0 Å². The number of benzene rings is 1. The van der Waals surface area contributed by atoms with Crippen LogP contribution in [0.2, 0.25) is 0 Å². The highest BCUT2D eigenvalue weighted by molar-refractivity contribution is 5.30. The number of alkyl halides is 6. The van der Waals surface area contributed by atoms with Gasteiger partial charge in [-0.25, -0.2) is 0 Å². The molecule has 1 atom stereocenters. The molecule has 0 saturated heterocycles. The van der Waals surface area contributed by atoms with Crippen LogP contribution in [0, 0.1) is 10.1 Å². The lowest BCUT2D eigenvalue weighted by Gasteiger charge is -2.27. The second-order valence-corrected chi connectivity index (χ2v) is 3.92. The van der Waals surface area contributed by atoms with E-state index >= 15 is 0 Å². The number of nitro groups is 1. The lowest BCUT2D eigenvalue weighted by molar-refractivity contribution is -0.519. The van der Waals surface area contributed by atoms with Crippen LogP contribution in [-0.4, -0.2) is 22.8 Å². The van der Waals surface area contributed by atoms with E-state index in [1.807, 2.05) is 0 Å². The molecule has 0 aliphatic rings.